The van der Waals surface area contributed by atoms with E-state index in [-0.39, 0.29) is 12.5 Å². The zero-order valence-corrected chi connectivity index (χ0v) is 13.1. The Hall–Kier alpha value is -2.61. The maximum atomic E-state index is 12.1. The lowest BCUT2D eigenvalue weighted by Crippen LogP contribution is -2.54. The molecule has 1 rings (SSSR count). The van der Waals surface area contributed by atoms with Crippen molar-refractivity contribution in [1.29, 1.82) is 0 Å². The number of hydrogen-bond acceptors (Lipinski definition) is 5. The first kappa shape index (κ1) is 18.4. The molecule has 126 valence electrons. The minimum absolute atomic E-state index is 0.0626. The van der Waals surface area contributed by atoms with Gasteiger partial charge in [-0.3, -0.25) is 14.6 Å². The van der Waals surface area contributed by atoms with Gasteiger partial charge in [-0.2, -0.15) is 0 Å². The number of nitrogens with one attached hydrogen (secondary N) is 1. The summed E-state index contributed by atoms with van der Waals surface area (Å²) in [5.41, 5.74) is 0.807. The number of carboxylic acids is 1. The largest absolute Gasteiger partial charge is 0.480 e. The van der Waals surface area contributed by atoms with E-state index in [1.54, 1.807) is 26.0 Å². The van der Waals surface area contributed by atoms with Crippen molar-refractivity contribution >= 4 is 18.0 Å². The summed E-state index contributed by atoms with van der Waals surface area (Å²) in [4.78, 5) is 34.5. The van der Waals surface area contributed by atoms with Gasteiger partial charge in [0.15, 0.2) is 0 Å². The van der Waals surface area contributed by atoms with Gasteiger partial charge >= 0.3 is 12.1 Å². The molecule has 0 aliphatic rings. The van der Waals surface area contributed by atoms with Gasteiger partial charge in [-0.15, -0.1) is 0 Å². The second kappa shape index (κ2) is 8.74. The van der Waals surface area contributed by atoms with Crippen molar-refractivity contribution in [2.75, 3.05) is 6.54 Å². The standard InChI is InChI=1S/C15H21N3O5/c1-10(2)13(14(21)18(16)8-12(19)20)17-15(22)23-9-11-6-4-3-5-7-11/h3-7,10,13H,8-9,16H2,1-2H3,(H,17,22)(H,19,20)/t13-/m0/s1. The highest BCUT2D eigenvalue weighted by molar-refractivity contribution is 5.87. The molecular formula is C15H21N3O5. The molecule has 0 aliphatic heterocycles. The first-order chi connectivity index (χ1) is 10.8. The van der Waals surface area contributed by atoms with Crippen molar-refractivity contribution in [1.82, 2.24) is 10.3 Å². The van der Waals surface area contributed by atoms with Gasteiger partial charge in [0.25, 0.3) is 5.91 Å². The Bertz CT molecular complexity index is 547. The number of benzene rings is 1. The Balaban J connectivity index is 2.59. The SMILES string of the molecule is CC(C)[C@H](NC(=O)OCc1ccccc1)C(=O)N(N)CC(=O)O. The third-order valence-corrected chi connectivity index (χ3v) is 3.01. The van der Waals surface area contributed by atoms with E-state index < -0.39 is 30.6 Å². The number of amides is 2. The van der Waals surface area contributed by atoms with Crippen LogP contribution < -0.4 is 11.2 Å². The minimum atomic E-state index is -1.24. The molecule has 1 aromatic carbocycles. The highest BCUT2D eigenvalue weighted by Crippen LogP contribution is 2.06. The number of hydrazine groups is 1. The summed E-state index contributed by atoms with van der Waals surface area (Å²) in [6.45, 7) is 2.82. The van der Waals surface area contributed by atoms with Crippen LogP contribution in [0.1, 0.15) is 19.4 Å². The zero-order chi connectivity index (χ0) is 17.4. The van der Waals surface area contributed by atoms with Crippen LogP contribution in [0.25, 0.3) is 0 Å². The quantitative estimate of drug-likeness (QED) is 0.386. The van der Waals surface area contributed by atoms with Gasteiger partial charge in [0, 0.05) is 0 Å². The molecule has 1 atom stereocenters. The number of alkyl carbamates (subject to hydrolysis) is 1. The maximum absolute atomic E-state index is 12.1. The van der Waals surface area contributed by atoms with Gasteiger partial charge < -0.3 is 15.2 Å². The van der Waals surface area contributed by atoms with Crippen LogP contribution in [0.15, 0.2) is 30.3 Å². The summed E-state index contributed by atoms with van der Waals surface area (Å²) in [5.74, 6) is 3.19. The summed E-state index contributed by atoms with van der Waals surface area (Å²) in [5, 5.41) is 11.6. The maximum Gasteiger partial charge on any atom is 0.408 e. The molecule has 0 aromatic heterocycles. The number of carbonyl (C=O) groups excluding carboxylic acids is 2. The number of nitrogens with zero attached hydrogens (tertiary/aromatic N) is 1. The molecule has 2 amide bonds. The lowest BCUT2D eigenvalue weighted by molar-refractivity contribution is -0.146. The number of aliphatic carboxylic acids is 1. The smallest absolute Gasteiger partial charge is 0.408 e. The fraction of sp³-hybridized carbons (Fsp3) is 0.400. The Labute approximate surface area is 134 Å². The van der Waals surface area contributed by atoms with E-state index in [9.17, 15) is 14.4 Å². The van der Waals surface area contributed by atoms with E-state index in [4.69, 9.17) is 15.7 Å². The Morgan fingerprint density at radius 3 is 2.39 bits per heavy atom. The van der Waals surface area contributed by atoms with Crippen LogP contribution in [0.2, 0.25) is 0 Å². The summed E-state index contributed by atoms with van der Waals surface area (Å²) < 4.78 is 5.04. The van der Waals surface area contributed by atoms with Crippen molar-refractivity contribution in [2.24, 2.45) is 11.8 Å². The summed E-state index contributed by atoms with van der Waals surface area (Å²) in [6, 6.07) is 8.10. The molecule has 0 saturated carbocycles. The van der Waals surface area contributed by atoms with Gasteiger partial charge in [0.2, 0.25) is 0 Å². The second-order valence-electron chi connectivity index (χ2n) is 5.29. The average molecular weight is 323 g/mol. The highest BCUT2D eigenvalue weighted by Gasteiger charge is 2.28. The van der Waals surface area contributed by atoms with E-state index >= 15 is 0 Å². The van der Waals surface area contributed by atoms with Crippen molar-refractivity contribution in [3.63, 3.8) is 0 Å². The molecule has 0 fully saturated rings. The molecule has 0 spiro atoms. The predicted molar refractivity (Wildman–Crippen MR) is 81.9 cm³/mol. The fourth-order valence-corrected chi connectivity index (χ4v) is 1.81. The zero-order valence-electron chi connectivity index (χ0n) is 13.1. The molecule has 0 heterocycles. The number of ether oxygens (including phenoxy) is 1. The van der Waals surface area contributed by atoms with Crippen molar-refractivity contribution in [3.05, 3.63) is 35.9 Å². The first-order valence-corrected chi connectivity index (χ1v) is 7.06. The van der Waals surface area contributed by atoms with Gasteiger partial charge in [-0.1, -0.05) is 44.2 Å². The Kier molecular flexibility index (Phi) is 7.01. The normalized spacial score (nSPS) is 11.7. The molecule has 0 aliphatic carbocycles. The van der Waals surface area contributed by atoms with Crippen LogP contribution in [0.3, 0.4) is 0 Å². The minimum Gasteiger partial charge on any atom is -0.480 e. The lowest BCUT2D eigenvalue weighted by atomic mass is 10.0. The molecule has 0 bridgehead atoms. The molecule has 0 unspecified atom stereocenters. The third kappa shape index (κ3) is 6.35. The van der Waals surface area contributed by atoms with E-state index in [1.807, 2.05) is 18.2 Å². The summed E-state index contributed by atoms with van der Waals surface area (Å²) >= 11 is 0. The number of rotatable bonds is 7. The van der Waals surface area contributed by atoms with E-state index in [2.05, 4.69) is 5.32 Å². The highest BCUT2D eigenvalue weighted by atomic mass is 16.5. The van der Waals surface area contributed by atoms with E-state index in [1.165, 1.54) is 0 Å². The monoisotopic (exact) mass is 323 g/mol. The van der Waals surface area contributed by atoms with Crippen molar-refractivity contribution in [2.45, 2.75) is 26.5 Å². The Morgan fingerprint density at radius 2 is 1.87 bits per heavy atom. The number of nitrogens with two attached hydrogens (primary N) is 1. The third-order valence-electron chi connectivity index (χ3n) is 3.01. The van der Waals surface area contributed by atoms with Crippen LogP contribution in [0.5, 0.6) is 0 Å². The van der Waals surface area contributed by atoms with Crippen LogP contribution in [0, 0.1) is 5.92 Å². The fourth-order valence-electron chi connectivity index (χ4n) is 1.81. The lowest BCUT2D eigenvalue weighted by Gasteiger charge is -2.25. The Morgan fingerprint density at radius 1 is 1.26 bits per heavy atom. The number of carbonyl (C=O) groups is 3. The van der Waals surface area contributed by atoms with Crippen LogP contribution in [0.4, 0.5) is 4.79 Å². The molecule has 23 heavy (non-hydrogen) atoms. The predicted octanol–water partition coefficient (Wildman–Crippen LogP) is 0.724. The molecule has 4 N–H and O–H groups in total. The van der Waals surface area contributed by atoms with Crippen LogP contribution >= 0.6 is 0 Å². The van der Waals surface area contributed by atoms with Crippen LogP contribution in [-0.2, 0) is 20.9 Å². The molecule has 0 saturated heterocycles. The summed E-state index contributed by atoms with van der Waals surface area (Å²) in [7, 11) is 0. The van der Waals surface area contributed by atoms with E-state index in [0.29, 0.717) is 5.01 Å². The van der Waals surface area contributed by atoms with Crippen molar-refractivity contribution < 1.29 is 24.2 Å². The molecule has 1 aromatic rings. The number of hydrogen-bond donors (Lipinski definition) is 3. The van der Waals surface area contributed by atoms with Gasteiger partial charge in [0.05, 0.1) is 0 Å². The molecule has 0 radical (unpaired) electrons. The summed E-state index contributed by atoms with van der Waals surface area (Å²) in [6.07, 6.45) is -0.773. The van der Waals surface area contributed by atoms with E-state index in [0.717, 1.165) is 5.56 Å². The number of carboxylic acid groups (broad SMARTS) is 1. The van der Waals surface area contributed by atoms with Crippen molar-refractivity contribution in [3.8, 4) is 0 Å². The second-order valence-corrected chi connectivity index (χ2v) is 5.29. The molecule has 8 heteroatoms. The van der Waals surface area contributed by atoms with Gasteiger partial charge in [-0.25, -0.2) is 10.6 Å². The van der Waals surface area contributed by atoms with Gasteiger partial charge in [-0.05, 0) is 11.5 Å². The molecular weight excluding hydrogens is 302 g/mol. The average Bonchev–Trinajstić information content (AvgIpc) is 2.50. The first-order valence-electron chi connectivity index (χ1n) is 7.06. The van der Waals surface area contributed by atoms with Crippen LogP contribution in [-0.4, -0.2) is 40.7 Å². The van der Waals surface area contributed by atoms with Gasteiger partial charge in [0.1, 0.15) is 19.2 Å². The molecule has 8 nitrogen and oxygen atoms in total. The topological polar surface area (TPSA) is 122 Å².